The molecule has 2 saturated heterocycles. The zero-order valence-electron chi connectivity index (χ0n) is 19.4. The van der Waals surface area contributed by atoms with Crippen LogP contribution in [0.25, 0.3) is 10.9 Å². The molecule has 34 heavy (non-hydrogen) atoms. The van der Waals surface area contributed by atoms with Crippen LogP contribution >= 0.6 is 11.6 Å². The maximum atomic E-state index is 9.28. The second kappa shape index (κ2) is 9.49. The second-order valence-corrected chi connectivity index (χ2v) is 10.0. The van der Waals surface area contributed by atoms with Crippen molar-refractivity contribution in [3.63, 3.8) is 0 Å². The number of nitrogens with zero attached hydrogens (tertiary/aromatic N) is 5. The van der Waals surface area contributed by atoms with Crippen molar-refractivity contribution in [1.82, 2.24) is 14.9 Å². The number of rotatable bonds is 7. The van der Waals surface area contributed by atoms with Gasteiger partial charge in [-0.3, -0.25) is 9.89 Å². The second-order valence-electron chi connectivity index (χ2n) is 9.63. The van der Waals surface area contributed by atoms with E-state index in [2.05, 4.69) is 32.3 Å². The lowest BCUT2D eigenvalue weighted by Gasteiger charge is -2.41. The SMILES string of the molecule is CC(=NCC1(C#N)CC1)C(=CN)Nc1ncc2cc(Cl)c(C3CCN(C4COC4)CC3)cc2n1. The van der Waals surface area contributed by atoms with Crippen LogP contribution in [0.15, 0.2) is 35.2 Å². The van der Waals surface area contributed by atoms with E-state index in [1.54, 1.807) is 6.20 Å². The Hall–Kier alpha value is -2.73. The summed E-state index contributed by atoms with van der Waals surface area (Å²) < 4.78 is 5.35. The highest BCUT2D eigenvalue weighted by Gasteiger charge is 2.43. The maximum Gasteiger partial charge on any atom is 0.227 e. The van der Waals surface area contributed by atoms with E-state index in [-0.39, 0.29) is 5.41 Å². The van der Waals surface area contributed by atoms with Crippen molar-refractivity contribution in [2.45, 2.75) is 44.6 Å². The van der Waals surface area contributed by atoms with E-state index in [9.17, 15) is 5.26 Å². The molecule has 0 bridgehead atoms. The van der Waals surface area contributed by atoms with Crippen LogP contribution in [0.2, 0.25) is 5.02 Å². The van der Waals surface area contributed by atoms with Crippen molar-refractivity contribution in [2.75, 3.05) is 38.2 Å². The van der Waals surface area contributed by atoms with Crippen molar-refractivity contribution in [3.8, 4) is 6.07 Å². The number of nitriles is 1. The quantitative estimate of drug-likeness (QED) is 0.580. The lowest BCUT2D eigenvalue weighted by atomic mass is 9.88. The first-order valence-electron chi connectivity index (χ1n) is 11.9. The van der Waals surface area contributed by atoms with E-state index in [4.69, 9.17) is 27.1 Å². The number of aromatic nitrogens is 2. The van der Waals surface area contributed by atoms with Crippen molar-refractivity contribution >= 4 is 34.2 Å². The minimum atomic E-state index is -0.294. The number of anilines is 1. The lowest BCUT2D eigenvalue weighted by Crippen LogP contribution is -2.51. The molecule has 8 nitrogen and oxygen atoms in total. The number of nitrogens with one attached hydrogen (secondary N) is 1. The van der Waals surface area contributed by atoms with Gasteiger partial charge in [-0.25, -0.2) is 9.97 Å². The highest BCUT2D eigenvalue weighted by Crippen LogP contribution is 2.45. The zero-order valence-corrected chi connectivity index (χ0v) is 20.2. The van der Waals surface area contributed by atoms with Crippen LogP contribution in [-0.4, -0.2) is 59.5 Å². The summed E-state index contributed by atoms with van der Waals surface area (Å²) in [5.41, 5.74) is 8.93. The summed E-state index contributed by atoms with van der Waals surface area (Å²) in [5.74, 6) is 0.873. The third-order valence-electron chi connectivity index (χ3n) is 7.32. The molecule has 0 spiro atoms. The lowest BCUT2D eigenvalue weighted by molar-refractivity contribution is -0.0712. The fourth-order valence-electron chi connectivity index (χ4n) is 4.63. The molecule has 0 unspecified atom stereocenters. The Morgan fingerprint density at radius 3 is 2.76 bits per heavy atom. The topological polar surface area (TPSA) is 112 Å². The summed E-state index contributed by atoms with van der Waals surface area (Å²) >= 11 is 6.68. The molecule has 0 amide bonds. The monoisotopic (exact) mass is 479 g/mol. The molecule has 1 saturated carbocycles. The predicted molar refractivity (Wildman–Crippen MR) is 134 cm³/mol. The number of halogens is 1. The number of ether oxygens (including phenoxy) is 1. The Balaban J connectivity index is 1.31. The Kier molecular flexibility index (Phi) is 6.43. The van der Waals surface area contributed by atoms with Crippen LogP contribution in [0, 0.1) is 16.7 Å². The molecular formula is C25H30ClN7O. The van der Waals surface area contributed by atoms with E-state index in [0.717, 1.165) is 79.2 Å². The molecule has 3 N–H and O–H groups in total. The molecule has 1 aromatic carbocycles. The first kappa shape index (κ1) is 23.0. The number of piperidine rings is 1. The van der Waals surface area contributed by atoms with Gasteiger partial charge in [-0.15, -0.1) is 0 Å². The van der Waals surface area contributed by atoms with Gasteiger partial charge < -0.3 is 15.8 Å². The molecule has 0 radical (unpaired) electrons. The van der Waals surface area contributed by atoms with Crippen molar-refractivity contribution in [3.05, 3.63) is 40.8 Å². The molecular weight excluding hydrogens is 450 g/mol. The van der Waals surface area contributed by atoms with Gasteiger partial charge in [-0.1, -0.05) is 11.6 Å². The van der Waals surface area contributed by atoms with Crippen LogP contribution in [0.4, 0.5) is 5.95 Å². The van der Waals surface area contributed by atoms with Crippen LogP contribution in [0.5, 0.6) is 0 Å². The number of aliphatic imine (C=N–C) groups is 1. The zero-order chi connectivity index (χ0) is 23.7. The summed E-state index contributed by atoms with van der Waals surface area (Å²) in [4.78, 5) is 16.3. The predicted octanol–water partition coefficient (Wildman–Crippen LogP) is 3.84. The average molecular weight is 480 g/mol. The van der Waals surface area contributed by atoms with E-state index >= 15 is 0 Å². The minimum Gasteiger partial charge on any atom is -0.403 e. The smallest absolute Gasteiger partial charge is 0.227 e. The molecule has 3 aliphatic rings. The van der Waals surface area contributed by atoms with E-state index in [1.807, 2.05) is 13.0 Å². The van der Waals surface area contributed by atoms with Crippen LogP contribution < -0.4 is 11.1 Å². The Morgan fingerprint density at radius 2 is 2.15 bits per heavy atom. The van der Waals surface area contributed by atoms with Gasteiger partial charge >= 0.3 is 0 Å². The first-order chi connectivity index (χ1) is 16.5. The Bertz CT molecular complexity index is 1170. The number of allylic oxidation sites excluding steroid dienone is 1. The molecule has 0 atom stereocenters. The van der Waals surface area contributed by atoms with E-state index in [1.165, 1.54) is 6.20 Å². The number of likely N-dealkylation sites (tertiary alicyclic amines) is 1. The van der Waals surface area contributed by atoms with Gasteiger partial charge in [0.05, 0.1) is 54.2 Å². The van der Waals surface area contributed by atoms with Crippen LogP contribution in [-0.2, 0) is 4.74 Å². The fourth-order valence-corrected chi connectivity index (χ4v) is 4.96. The number of benzene rings is 1. The third kappa shape index (κ3) is 4.74. The van der Waals surface area contributed by atoms with Gasteiger partial charge in [0, 0.05) is 22.8 Å². The van der Waals surface area contributed by atoms with Crippen molar-refractivity contribution < 1.29 is 4.74 Å². The highest BCUT2D eigenvalue weighted by atomic mass is 35.5. The van der Waals surface area contributed by atoms with Gasteiger partial charge in [-0.05, 0) is 69.3 Å². The number of fused-ring (bicyclic) bond motifs is 1. The molecule has 1 aromatic heterocycles. The molecule has 5 rings (SSSR count). The van der Waals surface area contributed by atoms with Crippen molar-refractivity contribution in [1.29, 1.82) is 5.26 Å². The minimum absolute atomic E-state index is 0.294. The van der Waals surface area contributed by atoms with Crippen LogP contribution in [0.1, 0.15) is 44.1 Å². The summed E-state index contributed by atoms with van der Waals surface area (Å²) in [7, 11) is 0. The molecule has 9 heteroatoms. The molecule has 2 aromatic rings. The Morgan fingerprint density at radius 1 is 1.38 bits per heavy atom. The standard InChI is InChI=1S/C25H30ClN7O/c1-16(30-15-25(14-28)4-5-25)23(10-27)32-24-29-11-18-8-21(26)20(9-22(18)31-24)17-2-6-33(7-3-17)19-12-34-13-19/h8-11,17,19H,2-7,12-13,15,27H2,1H3,(H,29,31,32). The van der Waals surface area contributed by atoms with Gasteiger partial charge in [0.2, 0.25) is 5.95 Å². The molecule has 1 aliphatic carbocycles. The number of nitrogens with two attached hydrogens (primary N) is 1. The van der Waals surface area contributed by atoms with Gasteiger partial charge in [0.1, 0.15) is 0 Å². The van der Waals surface area contributed by atoms with Crippen LogP contribution in [0.3, 0.4) is 0 Å². The van der Waals surface area contributed by atoms with E-state index < -0.39 is 0 Å². The van der Waals surface area contributed by atoms with Gasteiger partial charge in [0.25, 0.3) is 0 Å². The average Bonchev–Trinajstić information content (AvgIpc) is 3.61. The van der Waals surface area contributed by atoms with Gasteiger partial charge in [0.15, 0.2) is 0 Å². The largest absolute Gasteiger partial charge is 0.403 e. The number of hydrogen-bond donors (Lipinski definition) is 2. The fraction of sp³-hybridized carbons (Fsp3) is 0.520. The third-order valence-corrected chi connectivity index (χ3v) is 7.64. The summed E-state index contributed by atoms with van der Waals surface area (Å²) in [5, 5.41) is 14.1. The Labute approximate surface area is 204 Å². The summed E-state index contributed by atoms with van der Waals surface area (Å²) in [6, 6.07) is 7.02. The molecule has 2 aliphatic heterocycles. The maximum absolute atomic E-state index is 9.28. The van der Waals surface area contributed by atoms with Gasteiger partial charge in [-0.2, -0.15) is 5.26 Å². The molecule has 178 valence electrons. The molecule has 3 fully saturated rings. The molecule has 3 heterocycles. The normalized spacial score (nSPS) is 21.8. The summed E-state index contributed by atoms with van der Waals surface area (Å²) in [6.45, 7) is 6.22. The van der Waals surface area contributed by atoms with E-state index in [0.29, 0.717) is 30.1 Å². The first-order valence-corrected chi connectivity index (χ1v) is 12.3. The number of hydrogen-bond acceptors (Lipinski definition) is 8. The van der Waals surface area contributed by atoms with Crippen molar-refractivity contribution in [2.24, 2.45) is 16.1 Å². The summed E-state index contributed by atoms with van der Waals surface area (Å²) in [6.07, 6.45) is 7.21. The highest BCUT2D eigenvalue weighted by molar-refractivity contribution is 6.32.